The fourth-order valence-corrected chi connectivity index (χ4v) is 3.69. The van der Waals surface area contributed by atoms with Gasteiger partial charge in [0, 0.05) is 12.0 Å². The highest BCUT2D eigenvalue weighted by Gasteiger charge is 2.48. The second kappa shape index (κ2) is 5.09. The van der Waals surface area contributed by atoms with E-state index in [0.717, 1.165) is 25.8 Å². The monoisotopic (exact) mass is 293 g/mol. The number of hydrogen-bond donors (Lipinski definition) is 1. The number of hydrogen-bond acceptors (Lipinski definition) is 5. The number of carboxylic acids is 1. The molecule has 1 aliphatic carbocycles. The van der Waals surface area contributed by atoms with Gasteiger partial charge in [-0.15, -0.1) is 0 Å². The van der Waals surface area contributed by atoms with E-state index in [1.165, 1.54) is 0 Å². The molecule has 1 aliphatic heterocycles. The molecule has 0 bridgehead atoms. The summed E-state index contributed by atoms with van der Waals surface area (Å²) in [5.41, 5.74) is -0.157. The number of carboxylic acid groups (broad SMARTS) is 1. The van der Waals surface area contributed by atoms with Gasteiger partial charge in [0.25, 0.3) is 0 Å². The van der Waals surface area contributed by atoms with E-state index < -0.39 is 12.0 Å². The van der Waals surface area contributed by atoms with Gasteiger partial charge in [-0.1, -0.05) is 32.3 Å². The molecule has 116 valence electrons. The van der Waals surface area contributed by atoms with Crippen LogP contribution in [0.15, 0.2) is 4.52 Å². The van der Waals surface area contributed by atoms with Gasteiger partial charge in [-0.3, -0.25) is 9.69 Å². The van der Waals surface area contributed by atoms with Crippen LogP contribution in [0.5, 0.6) is 0 Å². The normalized spacial score (nSPS) is 29.8. The number of aromatic nitrogens is 2. The molecule has 6 heteroatoms. The first kappa shape index (κ1) is 14.5. The number of fused-ring (bicyclic) bond motifs is 1. The Hall–Kier alpha value is -1.43. The Morgan fingerprint density at radius 3 is 2.81 bits per heavy atom. The van der Waals surface area contributed by atoms with E-state index >= 15 is 0 Å². The van der Waals surface area contributed by atoms with Crippen molar-refractivity contribution in [2.24, 2.45) is 11.8 Å². The molecule has 3 rings (SSSR count). The van der Waals surface area contributed by atoms with E-state index in [0.29, 0.717) is 24.2 Å². The van der Waals surface area contributed by atoms with Gasteiger partial charge in [-0.25, -0.2) is 0 Å². The maximum absolute atomic E-state index is 11.6. The molecule has 0 spiro atoms. The average Bonchev–Trinajstić information content (AvgIpc) is 3.01. The molecule has 0 amide bonds. The molecule has 2 aliphatic rings. The lowest BCUT2D eigenvalue weighted by atomic mass is 9.94. The zero-order valence-electron chi connectivity index (χ0n) is 12.9. The van der Waals surface area contributed by atoms with Crippen molar-refractivity contribution in [2.75, 3.05) is 6.54 Å². The van der Waals surface area contributed by atoms with E-state index in [9.17, 15) is 9.90 Å². The van der Waals surface area contributed by atoms with Gasteiger partial charge in [-0.05, 0) is 24.7 Å². The summed E-state index contributed by atoms with van der Waals surface area (Å²) in [6.07, 6.45) is 3.32. The van der Waals surface area contributed by atoms with Crippen molar-refractivity contribution < 1.29 is 14.4 Å². The second-order valence-electron chi connectivity index (χ2n) is 7.33. The van der Waals surface area contributed by atoms with Crippen LogP contribution in [0.3, 0.4) is 0 Å². The van der Waals surface area contributed by atoms with Gasteiger partial charge in [0.15, 0.2) is 5.82 Å². The first-order chi connectivity index (χ1) is 9.86. The highest BCUT2D eigenvalue weighted by Crippen LogP contribution is 2.42. The van der Waals surface area contributed by atoms with Gasteiger partial charge >= 0.3 is 5.97 Å². The molecule has 1 N–H and O–H groups in total. The van der Waals surface area contributed by atoms with Crippen molar-refractivity contribution in [3.8, 4) is 0 Å². The maximum atomic E-state index is 11.6. The third-order valence-corrected chi connectivity index (χ3v) is 4.72. The van der Waals surface area contributed by atoms with Crippen molar-refractivity contribution in [2.45, 2.75) is 58.0 Å². The topological polar surface area (TPSA) is 79.5 Å². The Balaban J connectivity index is 1.75. The summed E-state index contributed by atoms with van der Waals surface area (Å²) in [5, 5.41) is 13.5. The predicted octanol–water partition coefficient (Wildman–Crippen LogP) is 2.05. The van der Waals surface area contributed by atoms with Crippen molar-refractivity contribution >= 4 is 5.97 Å². The molecule has 6 nitrogen and oxygen atoms in total. The minimum absolute atomic E-state index is 0.157. The van der Waals surface area contributed by atoms with E-state index in [4.69, 9.17) is 4.52 Å². The molecule has 3 atom stereocenters. The van der Waals surface area contributed by atoms with Gasteiger partial charge in [0.05, 0.1) is 6.54 Å². The van der Waals surface area contributed by atoms with Crippen molar-refractivity contribution in [1.82, 2.24) is 15.0 Å². The number of carbonyl (C=O) groups is 1. The third kappa shape index (κ3) is 2.69. The molecular formula is C15H23N3O3. The molecule has 1 aromatic rings. The first-order valence-electron chi connectivity index (χ1n) is 7.66. The molecule has 0 aromatic carbocycles. The molecule has 1 saturated carbocycles. The van der Waals surface area contributed by atoms with E-state index in [2.05, 4.69) is 10.1 Å². The van der Waals surface area contributed by atoms with Crippen LogP contribution < -0.4 is 0 Å². The van der Waals surface area contributed by atoms with Crippen LogP contribution in [0.4, 0.5) is 0 Å². The summed E-state index contributed by atoms with van der Waals surface area (Å²) in [6.45, 7) is 7.35. The highest BCUT2D eigenvalue weighted by atomic mass is 16.5. The summed E-state index contributed by atoms with van der Waals surface area (Å²) in [7, 11) is 0. The highest BCUT2D eigenvalue weighted by molar-refractivity contribution is 5.74. The standard InChI is InChI=1S/C15H23N3O3/c1-15(2,3)14-16-11(21-17-14)8-18-7-9-5-4-6-10(9)12(18)13(19)20/h9-10,12H,4-8H2,1-3H3,(H,19,20). The Bertz CT molecular complexity index is 535. The number of nitrogens with zero attached hydrogens (tertiary/aromatic N) is 3. The number of rotatable bonds is 3. The van der Waals surface area contributed by atoms with Gasteiger partial charge in [0.2, 0.25) is 5.89 Å². The van der Waals surface area contributed by atoms with Crippen LogP contribution in [0.25, 0.3) is 0 Å². The lowest BCUT2D eigenvalue weighted by molar-refractivity contribution is -0.143. The third-order valence-electron chi connectivity index (χ3n) is 4.72. The van der Waals surface area contributed by atoms with Gasteiger partial charge in [-0.2, -0.15) is 4.98 Å². The van der Waals surface area contributed by atoms with Crippen LogP contribution in [0.2, 0.25) is 0 Å². The summed E-state index contributed by atoms with van der Waals surface area (Å²) >= 11 is 0. The van der Waals surface area contributed by atoms with E-state index in [1.807, 2.05) is 25.7 Å². The smallest absolute Gasteiger partial charge is 0.321 e. The molecule has 1 aromatic heterocycles. The Morgan fingerprint density at radius 1 is 1.43 bits per heavy atom. The Morgan fingerprint density at radius 2 is 2.19 bits per heavy atom. The second-order valence-corrected chi connectivity index (χ2v) is 7.33. The lowest BCUT2D eigenvalue weighted by Crippen LogP contribution is -2.39. The number of likely N-dealkylation sites (tertiary alicyclic amines) is 1. The molecule has 3 unspecified atom stereocenters. The molecule has 21 heavy (non-hydrogen) atoms. The number of aliphatic carboxylic acids is 1. The minimum Gasteiger partial charge on any atom is -0.480 e. The predicted molar refractivity (Wildman–Crippen MR) is 75.7 cm³/mol. The summed E-state index contributed by atoms with van der Waals surface area (Å²) in [4.78, 5) is 18.0. The van der Waals surface area contributed by atoms with E-state index in [1.54, 1.807) is 0 Å². The zero-order chi connectivity index (χ0) is 15.2. The Kier molecular flexibility index (Phi) is 3.51. The largest absolute Gasteiger partial charge is 0.480 e. The zero-order valence-corrected chi connectivity index (χ0v) is 12.9. The van der Waals surface area contributed by atoms with Gasteiger partial charge < -0.3 is 9.63 Å². The van der Waals surface area contributed by atoms with Crippen molar-refractivity contribution in [3.63, 3.8) is 0 Å². The van der Waals surface area contributed by atoms with Crippen LogP contribution >= 0.6 is 0 Å². The van der Waals surface area contributed by atoms with Crippen LogP contribution in [-0.2, 0) is 16.8 Å². The van der Waals surface area contributed by atoms with E-state index in [-0.39, 0.29) is 11.3 Å². The molecule has 2 heterocycles. The summed E-state index contributed by atoms with van der Waals surface area (Å²) < 4.78 is 5.31. The first-order valence-corrected chi connectivity index (χ1v) is 7.66. The quantitative estimate of drug-likeness (QED) is 0.919. The lowest BCUT2D eigenvalue weighted by Gasteiger charge is -2.22. The van der Waals surface area contributed by atoms with Crippen molar-refractivity contribution in [3.05, 3.63) is 11.7 Å². The van der Waals surface area contributed by atoms with Crippen molar-refractivity contribution in [1.29, 1.82) is 0 Å². The SMILES string of the molecule is CC(C)(C)c1noc(CN2CC3CCCC3C2C(=O)O)n1. The molecule has 1 saturated heterocycles. The minimum atomic E-state index is -0.722. The average molecular weight is 293 g/mol. The molecular weight excluding hydrogens is 270 g/mol. The molecule has 2 fully saturated rings. The molecule has 0 radical (unpaired) electrons. The maximum Gasteiger partial charge on any atom is 0.321 e. The fraction of sp³-hybridized carbons (Fsp3) is 0.800. The summed E-state index contributed by atoms with van der Waals surface area (Å²) in [5.74, 6) is 1.26. The van der Waals surface area contributed by atoms with Crippen LogP contribution in [0, 0.1) is 11.8 Å². The Labute approximate surface area is 124 Å². The van der Waals surface area contributed by atoms with Crippen LogP contribution in [0.1, 0.15) is 51.7 Å². The summed E-state index contributed by atoms with van der Waals surface area (Å²) in [6, 6.07) is -0.400. The fourth-order valence-electron chi connectivity index (χ4n) is 3.69. The van der Waals surface area contributed by atoms with Gasteiger partial charge in [0.1, 0.15) is 6.04 Å². The van der Waals surface area contributed by atoms with Crippen LogP contribution in [-0.4, -0.2) is 38.7 Å².